The van der Waals surface area contributed by atoms with Gasteiger partial charge in [0.25, 0.3) is 0 Å². The van der Waals surface area contributed by atoms with Gasteiger partial charge in [-0.1, -0.05) is 20.8 Å². The molecule has 2 heterocycles. The highest BCUT2D eigenvalue weighted by Gasteiger charge is 2.13. The second-order valence-corrected chi connectivity index (χ2v) is 8.50. The van der Waals surface area contributed by atoms with E-state index in [1.165, 1.54) is 0 Å². The first-order valence-electron chi connectivity index (χ1n) is 11.7. The van der Waals surface area contributed by atoms with Gasteiger partial charge in [-0.05, 0) is 68.9 Å². The number of hydrogen-bond donors (Lipinski definition) is 3. The number of nitrogens with zero attached hydrogens (tertiary/aromatic N) is 4. The summed E-state index contributed by atoms with van der Waals surface area (Å²) in [5.41, 5.74) is 9.26. The molecular formula is C25H37N7O. The molecule has 0 aliphatic heterocycles. The molecule has 2 rings (SSSR count). The van der Waals surface area contributed by atoms with E-state index in [9.17, 15) is 10.1 Å². The van der Waals surface area contributed by atoms with E-state index >= 15 is 0 Å². The van der Waals surface area contributed by atoms with E-state index in [0.29, 0.717) is 35.4 Å². The standard InChI is InChI=1S/C25H37N7O/c1-5-10-32(4)16-18(3)14-28-22-12-24(29-15-21(22)13-27)31-25-20(8-7-9-26)11-19(6-2)23(17-33)30-25/h11-12,15,17-18H,5-10,14,16,26H2,1-4H3,(H2,28,29,30,31). The number of anilines is 3. The van der Waals surface area contributed by atoms with Crippen LogP contribution in [0, 0.1) is 17.2 Å². The Morgan fingerprint density at radius 1 is 1.30 bits per heavy atom. The normalized spacial score (nSPS) is 11.8. The van der Waals surface area contributed by atoms with Crippen molar-refractivity contribution in [3.8, 4) is 6.07 Å². The summed E-state index contributed by atoms with van der Waals surface area (Å²) < 4.78 is 0. The summed E-state index contributed by atoms with van der Waals surface area (Å²) in [6.07, 6.45) is 5.76. The van der Waals surface area contributed by atoms with Gasteiger partial charge >= 0.3 is 0 Å². The number of nitrogens with one attached hydrogen (secondary N) is 2. The van der Waals surface area contributed by atoms with Crippen molar-refractivity contribution >= 4 is 23.6 Å². The predicted octanol–water partition coefficient (Wildman–Crippen LogP) is 3.75. The Balaban J connectivity index is 2.24. The van der Waals surface area contributed by atoms with Crippen molar-refractivity contribution in [2.75, 3.05) is 43.9 Å². The largest absolute Gasteiger partial charge is 0.384 e. The van der Waals surface area contributed by atoms with Gasteiger partial charge in [-0.2, -0.15) is 5.26 Å². The third kappa shape index (κ3) is 7.81. The van der Waals surface area contributed by atoms with E-state index in [1.54, 1.807) is 6.20 Å². The van der Waals surface area contributed by atoms with Crippen molar-refractivity contribution in [1.29, 1.82) is 5.26 Å². The lowest BCUT2D eigenvalue weighted by Crippen LogP contribution is -2.28. The fraction of sp³-hybridized carbons (Fsp3) is 0.520. The molecule has 0 aromatic carbocycles. The average Bonchev–Trinajstić information content (AvgIpc) is 2.81. The molecule has 33 heavy (non-hydrogen) atoms. The van der Waals surface area contributed by atoms with Crippen LogP contribution in [-0.4, -0.2) is 54.4 Å². The maximum absolute atomic E-state index is 11.5. The van der Waals surface area contributed by atoms with Gasteiger partial charge < -0.3 is 21.3 Å². The van der Waals surface area contributed by atoms with Crippen LogP contribution in [0.5, 0.6) is 0 Å². The van der Waals surface area contributed by atoms with Crippen molar-refractivity contribution in [2.45, 2.75) is 46.5 Å². The van der Waals surface area contributed by atoms with Gasteiger partial charge in [-0.3, -0.25) is 4.79 Å². The molecule has 0 amide bonds. The first kappa shape index (κ1) is 26.2. The van der Waals surface area contributed by atoms with E-state index < -0.39 is 0 Å². The van der Waals surface area contributed by atoms with Crippen LogP contribution in [0.25, 0.3) is 0 Å². The zero-order chi connectivity index (χ0) is 24.2. The van der Waals surface area contributed by atoms with Crippen LogP contribution >= 0.6 is 0 Å². The number of nitriles is 1. The minimum absolute atomic E-state index is 0.416. The van der Waals surface area contributed by atoms with Crippen LogP contribution in [0.15, 0.2) is 18.3 Å². The average molecular weight is 452 g/mol. The highest BCUT2D eigenvalue weighted by Crippen LogP contribution is 2.25. The van der Waals surface area contributed by atoms with Crippen LogP contribution in [-0.2, 0) is 12.8 Å². The van der Waals surface area contributed by atoms with Crippen LogP contribution in [0.3, 0.4) is 0 Å². The number of aryl methyl sites for hydroxylation is 2. The molecule has 0 fully saturated rings. The second kappa shape index (κ2) is 13.5. The zero-order valence-electron chi connectivity index (χ0n) is 20.3. The Labute approximate surface area is 197 Å². The van der Waals surface area contributed by atoms with E-state index in [0.717, 1.165) is 68.4 Å². The lowest BCUT2D eigenvalue weighted by Gasteiger charge is -2.21. The number of aldehydes is 1. The molecule has 1 unspecified atom stereocenters. The Bertz CT molecular complexity index is 955. The minimum Gasteiger partial charge on any atom is -0.384 e. The molecule has 0 aliphatic rings. The van der Waals surface area contributed by atoms with Crippen LogP contribution in [0.2, 0.25) is 0 Å². The Morgan fingerprint density at radius 2 is 2.09 bits per heavy atom. The summed E-state index contributed by atoms with van der Waals surface area (Å²) in [5, 5.41) is 16.2. The number of hydrogen-bond acceptors (Lipinski definition) is 8. The molecule has 0 saturated heterocycles. The van der Waals surface area contributed by atoms with Gasteiger partial charge in [-0.25, -0.2) is 9.97 Å². The van der Waals surface area contributed by atoms with Crippen LogP contribution in [0.1, 0.15) is 60.8 Å². The lowest BCUT2D eigenvalue weighted by atomic mass is 10.0. The van der Waals surface area contributed by atoms with Gasteiger partial charge in [0.05, 0.1) is 11.3 Å². The number of rotatable bonds is 14. The predicted molar refractivity (Wildman–Crippen MR) is 134 cm³/mol. The molecule has 8 heteroatoms. The van der Waals surface area contributed by atoms with Crippen LogP contribution < -0.4 is 16.4 Å². The highest BCUT2D eigenvalue weighted by atomic mass is 16.1. The molecule has 0 aliphatic carbocycles. The Hall–Kier alpha value is -3.02. The van der Waals surface area contributed by atoms with Crippen molar-refractivity contribution in [1.82, 2.24) is 14.9 Å². The van der Waals surface area contributed by atoms with Gasteiger partial charge in [-0.15, -0.1) is 0 Å². The SMILES string of the molecule is CCCN(C)CC(C)CNc1cc(Nc2nc(C=O)c(CC)cc2CCCN)ncc1C#N. The fourth-order valence-corrected chi connectivity index (χ4v) is 3.83. The Kier molecular flexibility index (Phi) is 10.7. The smallest absolute Gasteiger partial charge is 0.168 e. The monoisotopic (exact) mass is 451 g/mol. The summed E-state index contributed by atoms with van der Waals surface area (Å²) in [6, 6.07) is 6.05. The molecule has 178 valence electrons. The topological polar surface area (TPSA) is 120 Å². The number of carbonyl (C=O) groups is 1. The zero-order valence-corrected chi connectivity index (χ0v) is 20.3. The van der Waals surface area contributed by atoms with Gasteiger partial charge in [0, 0.05) is 25.4 Å². The Morgan fingerprint density at radius 3 is 2.73 bits per heavy atom. The summed E-state index contributed by atoms with van der Waals surface area (Å²) in [5.74, 6) is 1.58. The number of pyridine rings is 2. The molecule has 2 aromatic heterocycles. The third-order valence-electron chi connectivity index (χ3n) is 5.50. The van der Waals surface area contributed by atoms with E-state index in [2.05, 4.69) is 52.5 Å². The first-order chi connectivity index (χ1) is 15.9. The molecular weight excluding hydrogens is 414 g/mol. The van der Waals surface area contributed by atoms with Gasteiger partial charge in [0.15, 0.2) is 6.29 Å². The van der Waals surface area contributed by atoms with E-state index in [4.69, 9.17) is 5.73 Å². The van der Waals surface area contributed by atoms with Crippen LogP contribution in [0.4, 0.5) is 17.3 Å². The number of nitrogens with two attached hydrogens (primary N) is 1. The van der Waals surface area contributed by atoms with Crippen molar-refractivity contribution < 1.29 is 4.79 Å². The maximum atomic E-state index is 11.5. The molecule has 1 atom stereocenters. The summed E-state index contributed by atoms with van der Waals surface area (Å²) in [6.45, 7) is 9.73. The molecule has 2 aromatic rings. The van der Waals surface area contributed by atoms with E-state index in [-0.39, 0.29) is 0 Å². The highest BCUT2D eigenvalue weighted by molar-refractivity contribution is 5.77. The molecule has 8 nitrogen and oxygen atoms in total. The van der Waals surface area contributed by atoms with Crippen molar-refractivity contribution in [3.05, 3.63) is 40.7 Å². The van der Waals surface area contributed by atoms with Crippen molar-refractivity contribution in [3.63, 3.8) is 0 Å². The molecule has 0 radical (unpaired) electrons. The number of carbonyl (C=O) groups excluding carboxylic acids is 1. The van der Waals surface area contributed by atoms with E-state index in [1.807, 2.05) is 19.1 Å². The molecule has 0 saturated carbocycles. The first-order valence-corrected chi connectivity index (χ1v) is 11.7. The lowest BCUT2D eigenvalue weighted by molar-refractivity contribution is 0.111. The van der Waals surface area contributed by atoms with Gasteiger partial charge in [0.2, 0.25) is 0 Å². The molecule has 0 spiro atoms. The minimum atomic E-state index is 0.416. The second-order valence-electron chi connectivity index (χ2n) is 8.50. The quantitative estimate of drug-likeness (QED) is 0.372. The third-order valence-corrected chi connectivity index (χ3v) is 5.50. The maximum Gasteiger partial charge on any atom is 0.168 e. The number of aromatic nitrogens is 2. The van der Waals surface area contributed by atoms with Gasteiger partial charge in [0.1, 0.15) is 23.4 Å². The summed E-state index contributed by atoms with van der Waals surface area (Å²) in [7, 11) is 2.13. The van der Waals surface area contributed by atoms with Crippen molar-refractivity contribution in [2.24, 2.45) is 11.7 Å². The molecule has 0 bridgehead atoms. The summed E-state index contributed by atoms with van der Waals surface area (Å²) >= 11 is 0. The molecule has 4 N–H and O–H groups in total. The fourth-order valence-electron chi connectivity index (χ4n) is 3.83. The summed E-state index contributed by atoms with van der Waals surface area (Å²) in [4.78, 5) is 22.8.